The lowest BCUT2D eigenvalue weighted by Crippen LogP contribution is -2.62. The van der Waals surface area contributed by atoms with Gasteiger partial charge in [-0.1, -0.05) is 46.5 Å². The molecular weight excluding hydrogens is 494 g/mol. The van der Waals surface area contributed by atoms with E-state index in [1.165, 1.54) is 18.6 Å². The summed E-state index contributed by atoms with van der Waals surface area (Å²) < 4.78 is 28.5. The number of hydrogen-bond acceptors (Lipinski definition) is 2. The van der Waals surface area contributed by atoms with Crippen LogP contribution in [0, 0.1) is 40.2 Å². The van der Waals surface area contributed by atoms with E-state index in [4.69, 9.17) is 0 Å². The van der Waals surface area contributed by atoms with Crippen LogP contribution in [-0.2, 0) is 4.79 Å². The Morgan fingerprint density at radius 1 is 0.974 bits per heavy atom. The molecule has 6 heteroatoms. The molecule has 39 heavy (non-hydrogen) atoms. The highest BCUT2D eigenvalue weighted by atomic mass is 19.1. The SMILES string of the molecule is CCCCCCCN(C(=O)c1ccc(F)cc1F)[C@H]1CC[C@H]2[C@@H]3CC[C@H]4N(C)C(=O)CC[C@]4(C)[C@H]3CC[C@]12C. The van der Waals surface area contributed by atoms with Gasteiger partial charge in [-0.05, 0) is 92.1 Å². The van der Waals surface area contributed by atoms with Gasteiger partial charge < -0.3 is 9.80 Å². The van der Waals surface area contributed by atoms with E-state index in [9.17, 15) is 18.4 Å². The maximum absolute atomic E-state index is 14.8. The molecule has 1 saturated heterocycles. The van der Waals surface area contributed by atoms with Gasteiger partial charge in [0, 0.05) is 38.2 Å². The molecule has 0 spiro atoms. The van der Waals surface area contributed by atoms with Crippen LogP contribution in [0.1, 0.15) is 115 Å². The first-order chi connectivity index (χ1) is 18.6. The maximum atomic E-state index is 14.8. The summed E-state index contributed by atoms with van der Waals surface area (Å²) in [5, 5.41) is 0. The smallest absolute Gasteiger partial charge is 0.257 e. The number of piperidine rings is 1. The van der Waals surface area contributed by atoms with E-state index < -0.39 is 11.6 Å². The van der Waals surface area contributed by atoms with Crippen molar-refractivity contribution in [2.75, 3.05) is 13.6 Å². The topological polar surface area (TPSA) is 40.6 Å². The maximum Gasteiger partial charge on any atom is 0.257 e. The first kappa shape index (κ1) is 28.5. The molecule has 5 rings (SSSR count). The van der Waals surface area contributed by atoms with E-state index in [0.717, 1.165) is 76.7 Å². The van der Waals surface area contributed by atoms with Gasteiger partial charge >= 0.3 is 0 Å². The van der Waals surface area contributed by atoms with Crippen molar-refractivity contribution in [1.82, 2.24) is 9.80 Å². The zero-order valence-electron chi connectivity index (χ0n) is 24.5. The lowest BCUT2D eigenvalue weighted by Gasteiger charge is -2.62. The Bertz CT molecular complexity index is 1080. The normalized spacial score (nSPS) is 35.8. The molecule has 3 aliphatic carbocycles. The number of halogens is 2. The van der Waals surface area contributed by atoms with E-state index >= 15 is 0 Å². The summed E-state index contributed by atoms with van der Waals surface area (Å²) in [5.41, 5.74) is 0.154. The van der Waals surface area contributed by atoms with Gasteiger partial charge in [0.05, 0.1) is 5.56 Å². The molecule has 1 aliphatic heterocycles. The molecule has 3 saturated carbocycles. The molecule has 0 N–H and O–H groups in total. The van der Waals surface area contributed by atoms with Crippen LogP contribution >= 0.6 is 0 Å². The number of carbonyl (C=O) groups excluding carboxylic acids is 2. The summed E-state index contributed by atoms with van der Waals surface area (Å²) in [4.78, 5) is 30.5. The Hall–Kier alpha value is -1.98. The Morgan fingerprint density at radius 2 is 1.72 bits per heavy atom. The summed E-state index contributed by atoms with van der Waals surface area (Å²) in [6, 6.07) is 3.77. The van der Waals surface area contributed by atoms with Gasteiger partial charge in [-0.15, -0.1) is 0 Å². The molecule has 7 atom stereocenters. The van der Waals surface area contributed by atoms with Crippen LogP contribution < -0.4 is 0 Å². The van der Waals surface area contributed by atoms with Gasteiger partial charge in [-0.25, -0.2) is 8.78 Å². The van der Waals surface area contributed by atoms with Gasteiger partial charge in [-0.2, -0.15) is 0 Å². The standard InChI is InChI=1S/C33H48F2N2O2/c1-5-6-7-8-9-20-37(31(39)24-11-10-22(34)21-27(24)35)29-15-13-25-23-12-14-28-32(2,19-17-30(38)36(28)4)26(23)16-18-33(25,29)3/h10-11,21,23,25-26,28-29H,5-9,12-20H2,1-4H3/t23-,25-,26-,28+,29-,32+,33-/m0/s1. The second-order valence-corrected chi connectivity index (χ2v) is 13.7. The molecule has 4 aliphatic rings. The van der Waals surface area contributed by atoms with E-state index in [1.807, 2.05) is 16.8 Å². The number of amides is 2. The second kappa shape index (κ2) is 11.1. The average Bonchev–Trinajstić information content (AvgIpc) is 3.25. The number of fused-ring (bicyclic) bond motifs is 5. The highest BCUT2D eigenvalue weighted by Crippen LogP contribution is 2.65. The molecule has 0 bridgehead atoms. The number of unbranched alkanes of at least 4 members (excludes halogenated alkanes) is 4. The third kappa shape index (κ3) is 4.92. The molecule has 0 unspecified atom stereocenters. The number of likely N-dealkylation sites (tertiary alicyclic amines) is 1. The molecule has 0 radical (unpaired) electrons. The molecule has 4 nitrogen and oxygen atoms in total. The fourth-order valence-corrected chi connectivity index (χ4v) is 9.74. The highest BCUT2D eigenvalue weighted by molar-refractivity contribution is 5.94. The summed E-state index contributed by atoms with van der Waals surface area (Å²) in [6.07, 6.45) is 13.6. The Morgan fingerprint density at radius 3 is 2.46 bits per heavy atom. The monoisotopic (exact) mass is 542 g/mol. The van der Waals surface area contributed by atoms with Crippen LogP contribution in [0.3, 0.4) is 0 Å². The third-order valence-corrected chi connectivity index (χ3v) is 11.8. The molecule has 1 aromatic rings. The third-order valence-electron chi connectivity index (χ3n) is 11.8. The fraction of sp³-hybridized carbons (Fsp3) is 0.758. The molecule has 0 aromatic heterocycles. The van der Waals surface area contributed by atoms with E-state index in [2.05, 4.69) is 20.8 Å². The van der Waals surface area contributed by atoms with E-state index in [-0.39, 0.29) is 28.3 Å². The zero-order valence-corrected chi connectivity index (χ0v) is 24.5. The minimum Gasteiger partial charge on any atom is -0.342 e. The van der Waals surface area contributed by atoms with Gasteiger partial charge in [0.15, 0.2) is 0 Å². The number of hydrogen-bond donors (Lipinski definition) is 0. The van der Waals surface area contributed by atoms with Crippen LogP contribution in [0.15, 0.2) is 18.2 Å². The summed E-state index contributed by atoms with van der Waals surface area (Å²) in [7, 11) is 2.00. The number of benzene rings is 1. The van der Waals surface area contributed by atoms with Crippen molar-refractivity contribution in [3.63, 3.8) is 0 Å². The quantitative estimate of drug-likeness (QED) is 0.317. The van der Waals surface area contributed by atoms with Crippen LogP contribution in [0.5, 0.6) is 0 Å². The first-order valence-corrected chi connectivity index (χ1v) is 15.6. The summed E-state index contributed by atoms with van der Waals surface area (Å²) in [5.74, 6) is 0.355. The predicted octanol–water partition coefficient (Wildman–Crippen LogP) is 7.61. The Labute approximate surface area is 233 Å². The lowest BCUT2D eigenvalue weighted by atomic mass is 9.47. The predicted molar refractivity (Wildman–Crippen MR) is 150 cm³/mol. The van der Waals surface area contributed by atoms with Crippen LogP contribution in [0.4, 0.5) is 8.78 Å². The molecule has 2 amide bonds. The molecule has 4 fully saturated rings. The largest absolute Gasteiger partial charge is 0.342 e. The van der Waals surface area contributed by atoms with Crippen LogP contribution in [0.2, 0.25) is 0 Å². The van der Waals surface area contributed by atoms with Crippen molar-refractivity contribution in [1.29, 1.82) is 0 Å². The summed E-state index contributed by atoms with van der Waals surface area (Å²) in [6.45, 7) is 7.66. The van der Waals surface area contributed by atoms with Crippen molar-refractivity contribution in [3.05, 3.63) is 35.4 Å². The minimum absolute atomic E-state index is 0.00363. The minimum atomic E-state index is -0.762. The second-order valence-electron chi connectivity index (χ2n) is 13.7. The van der Waals surface area contributed by atoms with Crippen LogP contribution in [-0.4, -0.2) is 47.3 Å². The van der Waals surface area contributed by atoms with Gasteiger partial charge in [0.25, 0.3) is 5.91 Å². The van der Waals surface area contributed by atoms with Crippen molar-refractivity contribution in [3.8, 4) is 0 Å². The Balaban J connectivity index is 1.39. The number of rotatable bonds is 8. The Kier molecular flexibility index (Phi) is 8.14. The zero-order chi connectivity index (χ0) is 27.9. The van der Waals surface area contributed by atoms with Crippen molar-refractivity contribution in [2.24, 2.45) is 28.6 Å². The fourth-order valence-electron chi connectivity index (χ4n) is 9.74. The molecule has 1 aromatic carbocycles. The van der Waals surface area contributed by atoms with Crippen molar-refractivity contribution < 1.29 is 18.4 Å². The van der Waals surface area contributed by atoms with E-state index in [0.29, 0.717) is 42.7 Å². The lowest BCUT2D eigenvalue weighted by molar-refractivity contribution is -0.158. The molecule has 1 heterocycles. The van der Waals surface area contributed by atoms with Gasteiger partial charge in [-0.3, -0.25) is 9.59 Å². The van der Waals surface area contributed by atoms with Gasteiger partial charge in [0.2, 0.25) is 5.91 Å². The highest BCUT2D eigenvalue weighted by Gasteiger charge is 2.62. The number of nitrogens with zero attached hydrogens (tertiary/aromatic N) is 2. The van der Waals surface area contributed by atoms with Gasteiger partial charge in [0.1, 0.15) is 11.6 Å². The molecule has 216 valence electrons. The van der Waals surface area contributed by atoms with Crippen molar-refractivity contribution in [2.45, 2.75) is 116 Å². The number of carbonyl (C=O) groups is 2. The van der Waals surface area contributed by atoms with Crippen molar-refractivity contribution >= 4 is 11.8 Å². The summed E-state index contributed by atoms with van der Waals surface area (Å²) >= 11 is 0. The van der Waals surface area contributed by atoms with E-state index in [1.54, 1.807) is 0 Å². The molecular formula is C33H48F2N2O2. The van der Waals surface area contributed by atoms with Crippen LogP contribution in [0.25, 0.3) is 0 Å². The first-order valence-electron chi connectivity index (χ1n) is 15.6. The average molecular weight is 543 g/mol.